The quantitative estimate of drug-likeness (QED) is 0.904. The van der Waals surface area contributed by atoms with E-state index in [4.69, 9.17) is 14.0 Å². The monoisotopic (exact) mass is 334 g/mol. The molecular formula is C16H22N4O4. The lowest BCUT2D eigenvalue weighted by Crippen LogP contribution is -2.44. The van der Waals surface area contributed by atoms with Crippen molar-refractivity contribution in [3.05, 3.63) is 29.4 Å². The molecule has 130 valence electrons. The van der Waals surface area contributed by atoms with E-state index in [1.165, 1.54) is 0 Å². The number of rotatable bonds is 3. The standard InChI is InChI=1S/C16H22N4O4/c1-15(2,3)12-6-11(24-18-12)7-20-8-13(17-19-20)16(21)5-4-10-9-22-14(16)23-10/h6,8,10,14,21H,4-5,7,9H2,1-3H3/t10-,14+,16?/m0/s1. The third kappa shape index (κ3) is 2.64. The Hall–Kier alpha value is -1.77. The molecule has 2 aromatic rings. The maximum absolute atomic E-state index is 10.9. The molecule has 4 heterocycles. The van der Waals surface area contributed by atoms with E-state index in [1.807, 2.05) is 6.07 Å². The first-order valence-corrected chi connectivity index (χ1v) is 8.21. The zero-order valence-corrected chi connectivity index (χ0v) is 14.1. The fourth-order valence-corrected chi connectivity index (χ4v) is 3.07. The summed E-state index contributed by atoms with van der Waals surface area (Å²) in [6.45, 7) is 7.16. The molecule has 2 aliphatic rings. The van der Waals surface area contributed by atoms with Crippen molar-refractivity contribution in [3.8, 4) is 0 Å². The lowest BCUT2D eigenvalue weighted by molar-refractivity contribution is -0.219. The van der Waals surface area contributed by atoms with Gasteiger partial charge < -0.3 is 19.1 Å². The van der Waals surface area contributed by atoms with Gasteiger partial charge in [-0.15, -0.1) is 5.10 Å². The van der Waals surface area contributed by atoms with Gasteiger partial charge in [0.15, 0.2) is 17.7 Å². The van der Waals surface area contributed by atoms with Gasteiger partial charge in [0.05, 0.1) is 24.6 Å². The molecule has 2 fully saturated rings. The number of aromatic nitrogens is 4. The van der Waals surface area contributed by atoms with E-state index >= 15 is 0 Å². The average Bonchev–Trinajstić information content (AvgIpc) is 3.24. The summed E-state index contributed by atoms with van der Waals surface area (Å²) in [6, 6.07) is 1.92. The van der Waals surface area contributed by atoms with Gasteiger partial charge in [-0.25, -0.2) is 4.68 Å². The van der Waals surface area contributed by atoms with Gasteiger partial charge in [0, 0.05) is 11.5 Å². The van der Waals surface area contributed by atoms with Gasteiger partial charge in [0.25, 0.3) is 0 Å². The molecule has 3 atom stereocenters. The Morgan fingerprint density at radius 2 is 2.25 bits per heavy atom. The van der Waals surface area contributed by atoms with Crippen LogP contribution in [0.4, 0.5) is 0 Å². The molecule has 2 saturated heterocycles. The zero-order valence-electron chi connectivity index (χ0n) is 14.1. The zero-order chi connectivity index (χ0) is 16.9. The molecule has 2 bridgehead atoms. The molecular weight excluding hydrogens is 312 g/mol. The molecule has 0 aliphatic carbocycles. The van der Waals surface area contributed by atoms with Gasteiger partial charge in [-0.1, -0.05) is 31.1 Å². The van der Waals surface area contributed by atoms with Crippen molar-refractivity contribution in [2.75, 3.05) is 6.61 Å². The second kappa shape index (κ2) is 5.37. The molecule has 2 aliphatic heterocycles. The third-order valence-electron chi connectivity index (χ3n) is 4.61. The van der Waals surface area contributed by atoms with Crippen LogP contribution >= 0.6 is 0 Å². The van der Waals surface area contributed by atoms with Crippen LogP contribution in [0.1, 0.15) is 50.8 Å². The van der Waals surface area contributed by atoms with Gasteiger partial charge in [0.1, 0.15) is 12.2 Å². The number of ether oxygens (including phenoxy) is 2. The van der Waals surface area contributed by atoms with Crippen molar-refractivity contribution in [2.24, 2.45) is 0 Å². The molecule has 1 unspecified atom stereocenters. The number of fused-ring (bicyclic) bond motifs is 2. The van der Waals surface area contributed by atoms with E-state index in [9.17, 15) is 5.11 Å². The molecule has 0 radical (unpaired) electrons. The molecule has 0 spiro atoms. The van der Waals surface area contributed by atoms with Crippen LogP contribution in [0.5, 0.6) is 0 Å². The van der Waals surface area contributed by atoms with Gasteiger partial charge >= 0.3 is 0 Å². The lowest BCUT2D eigenvalue weighted by Gasteiger charge is -2.34. The van der Waals surface area contributed by atoms with Crippen LogP contribution in [0.15, 0.2) is 16.8 Å². The second-order valence-electron chi connectivity index (χ2n) is 7.62. The van der Waals surface area contributed by atoms with Crippen LogP contribution in [0, 0.1) is 0 Å². The highest BCUT2D eigenvalue weighted by Crippen LogP contribution is 2.40. The van der Waals surface area contributed by atoms with E-state index < -0.39 is 11.9 Å². The summed E-state index contributed by atoms with van der Waals surface area (Å²) >= 11 is 0. The number of nitrogens with zero attached hydrogens (tertiary/aromatic N) is 4. The van der Waals surface area contributed by atoms with Crippen LogP contribution in [-0.2, 0) is 27.0 Å². The van der Waals surface area contributed by atoms with Crippen molar-refractivity contribution in [1.29, 1.82) is 0 Å². The summed E-state index contributed by atoms with van der Waals surface area (Å²) in [5, 5.41) is 23.2. The Morgan fingerprint density at radius 3 is 3.00 bits per heavy atom. The Morgan fingerprint density at radius 1 is 1.42 bits per heavy atom. The summed E-state index contributed by atoms with van der Waals surface area (Å²) in [6.07, 6.45) is 2.42. The fraction of sp³-hybridized carbons (Fsp3) is 0.688. The molecule has 24 heavy (non-hydrogen) atoms. The molecule has 0 saturated carbocycles. The minimum Gasteiger partial charge on any atom is -0.378 e. The average molecular weight is 334 g/mol. The van der Waals surface area contributed by atoms with E-state index in [1.54, 1.807) is 10.9 Å². The van der Waals surface area contributed by atoms with Gasteiger partial charge in [-0.05, 0) is 12.8 Å². The maximum atomic E-state index is 10.9. The highest BCUT2D eigenvalue weighted by molar-refractivity contribution is 5.15. The largest absolute Gasteiger partial charge is 0.378 e. The van der Waals surface area contributed by atoms with Gasteiger partial charge in [0.2, 0.25) is 0 Å². The van der Waals surface area contributed by atoms with Crippen LogP contribution in [0.25, 0.3) is 0 Å². The Labute approximate surface area is 139 Å². The topological polar surface area (TPSA) is 95.4 Å². The summed E-state index contributed by atoms with van der Waals surface area (Å²) < 4.78 is 18.2. The third-order valence-corrected chi connectivity index (χ3v) is 4.61. The Kier molecular flexibility index (Phi) is 3.52. The van der Waals surface area contributed by atoms with Crippen molar-refractivity contribution < 1.29 is 19.1 Å². The van der Waals surface area contributed by atoms with Crippen LogP contribution in [0.3, 0.4) is 0 Å². The van der Waals surface area contributed by atoms with Crippen LogP contribution in [-0.4, -0.2) is 44.3 Å². The minimum atomic E-state index is -1.25. The molecule has 0 amide bonds. The molecule has 8 heteroatoms. The van der Waals surface area contributed by atoms with E-state index in [-0.39, 0.29) is 11.5 Å². The van der Waals surface area contributed by atoms with E-state index in [0.29, 0.717) is 31.0 Å². The molecule has 4 rings (SSSR count). The van der Waals surface area contributed by atoms with Crippen molar-refractivity contribution >= 4 is 0 Å². The first-order chi connectivity index (χ1) is 11.3. The summed E-state index contributed by atoms with van der Waals surface area (Å²) in [5.74, 6) is 0.695. The fourth-order valence-electron chi connectivity index (χ4n) is 3.07. The highest BCUT2D eigenvalue weighted by atomic mass is 16.7. The summed E-state index contributed by atoms with van der Waals surface area (Å²) in [4.78, 5) is 0. The normalized spacial score (nSPS) is 30.0. The SMILES string of the molecule is CC(C)(C)c1cc(Cn2cc(C3(O)CC[C@H]4CO[C@@H]3O4)nn2)on1. The molecule has 0 aromatic carbocycles. The predicted octanol–water partition coefficient (Wildman–Crippen LogP) is 1.33. The number of aliphatic hydroxyl groups is 1. The predicted molar refractivity (Wildman–Crippen MR) is 82.1 cm³/mol. The first kappa shape index (κ1) is 15.7. The molecule has 1 N–H and O–H groups in total. The smallest absolute Gasteiger partial charge is 0.192 e. The molecule has 2 aromatic heterocycles. The summed E-state index contributed by atoms with van der Waals surface area (Å²) in [7, 11) is 0. The first-order valence-electron chi connectivity index (χ1n) is 8.21. The highest BCUT2D eigenvalue weighted by Gasteiger charge is 2.51. The number of hydrogen-bond donors (Lipinski definition) is 1. The van der Waals surface area contributed by atoms with Gasteiger partial charge in [-0.3, -0.25) is 0 Å². The maximum Gasteiger partial charge on any atom is 0.192 e. The van der Waals surface area contributed by atoms with Crippen molar-refractivity contribution in [3.63, 3.8) is 0 Å². The second-order valence-corrected chi connectivity index (χ2v) is 7.62. The summed E-state index contributed by atoms with van der Waals surface area (Å²) in [5.41, 5.74) is 0.0367. The van der Waals surface area contributed by atoms with E-state index in [2.05, 4.69) is 36.2 Å². The molecule has 8 nitrogen and oxygen atoms in total. The van der Waals surface area contributed by atoms with Gasteiger partial charge in [-0.2, -0.15) is 0 Å². The van der Waals surface area contributed by atoms with E-state index in [0.717, 1.165) is 12.1 Å². The Balaban J connectivity index is 1.52. The van der Waals surface area contributed by atoms with Crippen LogP contribution < -0.4 is 0 Å². The Bertz CT molecular complexity index is 735. The lowest BCUT2D eigenvalue weighted by atomic mass is 9.90. The minimum absolute atomic E-state index is 0.0692. The number of hydrogen-bond acceptors (Lipinski definition) is 7. The van der Waals surface area contributed by atoms with Crippen molar-refractivity contribution in [1.82, 2.24) is 20.2 Å². The van der Waals surface area contributed by atoms with Crippen LogP contribution in [0.2, 0.25) is 0 Å². The van der Waals surface area contributed by atoms with Crippen molar-refractivity contribution in [2.45, 2.75) is 63.6 Å².